The van der Waals surface area contributed by atoms with Gasteiger partial charge in [0.05, 0.1) is 0 Å². The molecule has 2 rings (SSSR count). The lowest BCUT2D eigenvalue weighted by Gasteiger charge is -2.19. The summed E-state index contributed by atoms with van der Waals surface area (Å²) in [4.78, 5) is 0. The van der Waals surface area contributed by atoms with Crippen molar-refractivity contribution < 1.29 is 0 Å². The highest BCUT2D eigenvalue weighted by atomic mass is 35.5. The third-order valence-electron chi connectivity index (χ3n) is 3.13. The first-order valence-corrected chi connectivity index (χ1v) is 7.66. The van der Waals surface area contributed by atoms with Crippen molar-refractivity contribution in [3.8, 4) is 0 Å². The molecule has 0 aliphatic rings. The van der Waals surface area contributed by atoms with Gasteiger partial charge in [-0.3, -0.25) is 0 Å². The quantitative estimate of drug-likeness (QED) is 0.760. The number of rotatable bonds is 5. The van der Waals surface area contributed by atoms with E-state index in [-0.39, 0.29) is 6.04 Å². The average molecular weight is 329 g/mol. The summed E-state index contributed by atoms with van der Waals surface area (Å²) in [5, 5.41) is 5.63. The minimum Gasteiger partial charge on any atom is -0.310 e. The Balaban J connectivity index is 2.27. The molecule has 0 saturated carbocycles. The summed E-state index contributed by atoms with van der Waals surface area (Å²) in [7, 11) is 0. The number of likely N-dealkylation sites (N-methyl/N-ethyl adjacent to an activating group) is 1. The van der Waals surface area contributed by atoms with Crippen LogP contribution in [0.2, 0.25) is 15.1 Å². The van der Waals surface area contributed by atoms with Gasteiger partial charge in [0.1, 0.15) is 0 Å². The minimum atomic E-state index is 0.162. The van der Waals surface area contributed by atoms with E-state index >= 15 is 0 Å². The Morgan fingerprint density at radius 1 is 1.00 bits per heavy atom. The van der Waals surface area contributed by atoms with Crippen LogP contribution in [0.1, 0.15) is 24.1 Å². The van der Waals surface area contributed by atoms with Crippen molar-refractivity contribution in [2.45, 2.75) is 19.4 Å². The van der Waals surface area contributed by atoms with E-state index in [1.165, 1.54) is 0 Å². The van der Waals surface area contributed by atoms with Gasteiger partial charge in [0.15, 0.2) is 0 Å². The molecule has 20 heavy (non-hydrogen) atoms. The fourth-order valence-corrected chi connectivity index (χ4v) is 2.79. The van der Waals surface area contributed by atoms with E-state index in [4.69, 9.17) is 34.8 Å². The fourth-order valence-electron chi connectivity index (χ4n) is 2.20. The van der Waals surface area contributed by atoms with Gasteiger partial charge in [-0.05, 0) is 54.4 Å². The van der Waals surface area contributed by atoms with Crippen molar-refractivity contribution in [2.75, 3.05) is 6.54 Å². The molecule has 0 bridgehead atoms. The second kappa shape index (κ2) is 7.33. The molecular weight excluding hydrogens is 313 g/mol. The third-order valence-corrected chi connectivity index (χ3v) is 3.97. The molecule has 0 fully saturated rings. The topological polar surface area (TPSA) is 12.0 Å². The summed E-state index contributed by atoms with van der Waals surface area (Å²) in [6.07, 6.45) is 0.771. The van der Waals surface area contributed by atoms with E-state index in [1.807, 2.05) is 30.3 Å². The highest BCUT2D eigenvalue weighted by Gasteiger charge is 2.13. The monoisotopic (exact) mass is 327 g/mol. The van der Waals surface area contributed by atoms with E-state index < -0.39 is 0 Å². The van der Waals surface area contributed by atoms with E-state index in [0.717, 1.165) is 34.1 Å². The van der Waals surface area contributed by atoms with Crippen molar-refractivity contribution >= 4 is 34.8 Å². The maximum absolute atomic E-state index is 6.25. The smallest absolute Gasteiger partial charge is 0.0439 e. The van der Waals surface area contributed by atoms with E-state index in [2.05, 4.69) is 18.3 Å². The Bertz CT molecular complexity index is 584. The third kappa shape index (κ3) is 4.13. The fraction of sp³-hybridized carbons (Fsp3) is 0.250. The van der Waals surface area contributed by atoms with Crippen LogP contribution in [0.15, 0.2) is 42.5 Å². The highest BCUT2D eigenvalue weighted by Crippen LogP contribution is 2.27. The first kappa shape index (κ1) is 15.7. The molecule has 0 amide bonds. The first-order chi connectivity index (χ1) is 9.60. The lowest BCUT2D eigenvalue weighted by molar-refractivity contribution is 0.550. The van der Waals surface area contributed by atoms with Crippen LogP contribution in [0.5, 0.6) is 0 Å². The summed E-state index contributed by atoms with van der Waals surface area (Å²) < 4.78 is 0. The van der Waals surface area contributed by atoms with Gasteiger partial charge in [-0.25, -0.2) is 0 Å². The van der Waals surface area contributed by atoms with Crippen molar-refractivity contribution in [3.63, 3.8) is 0 Å². The van der Waals surface area contributed by atoms with Crippen LogP contribution in [-0.4, -0.2) is 6.54 Å². The van der Waals surface area contributed by atoms with Gasteiger partial charge in [-0.1, -0.05) is 53.9 Å². The maximum Gasteiger partial charge on any atom is 0.0439 e. The van der Waals surface area contributed by atoms with E-state index in [0.29, 0.717) is 5.02 Å². The Hall–Kier alpha value is -0.730. The van der Waals surface area contributed by atoms with Crippen LogP contribution in [0.25, 0.3) is 0 Å². The van der Waals surface area contributed by atoms with Gasteiger partial charge < -0.3 is 5.32 Å². The molecule has 0 aliphatic carbocycles. The molecule has 1 nitrogen and oxygen atoms in total. The maximum atomic E-state index is 6.25. The van der Waals surface area contributed by atoms with Gasteiger partial charge in [0.2, 0.25) is 0 Å². The van der Waals surface area contributed by atoms with Crippen molar-refractivity contribution in [3.05, 3.63) is 68.7 Å². The lowest BCUT2D eigenvalue weighted by Crippen LogP contribution is -2.23. The Morgan fingerprint density at radius 3 is 2.45 bits per heavy atom. The van der Waals surface area contributed by atoms with Crippen LogP contribution in [0.4, 0.5) is 0 Å². The highest BCUT2D eigenvalue weighted by molar-refractivity contribution is 6.33. The number of benzene rings is 2. The molecule has 4 heteroatoms. The Morgan fingerprint density at radius 2 is 1.75 bits per heavy atom. The predicted octanol–water partition coefficient (Wildman–Crippen LogP) is 5.54. The summed E-state index contributed by atoms with van der Waals surface area (Å²) in [5.74, 6) is 0. The largest absolute Gasteiger partial charge is 0.310 e. The summed E-state index contributed by atoms with van der Waals surface area (Å²) in [5.41, 5.74) is 2.18. The first-order valence-electron chi connectivity index (χ1n) is 6.53. The molecular formula is C16H16Cl3N. The summed E-state index contributed by atoms with van der Waals surface area (Å²) in [6.45, 7) is 2.95. The van der Waals surface area contributed by atoms with Crippen LogP contribution in [-0.2, 0) is 6.42 Å². The second-order valence-corrected chi connectivity index (χ2v) is 5.89. The van der Waals surface area contributed by atoms with Gasteiger partial charge in [-0.15, -0.1) is 0 Å². The number of halogens is 3. The SMILES string of the molecule is CCNC(Cc1cc(Cl)ccc1Cl)c1cccc(Cl)c1. The van der Waals surface area contributed by atoms with Gasteiger partial charge >= 0.3 is 0 Å². The molecule has 1 unspecified atom stereocenters. The molecule has 2 aromatic carbocycles. The molecule has 0 aromatic heterocycles. The number of hydrogen-bond acceptors (Lipinski definition) is 1. The molecule has 0 aliphatic heterocycles. The number of nitrogens with one attached hydrogen (secondary N) is 1. The molecule has 0 heterocycles. The van der Waals surface area contributed by atoms with Crippen LogP contribution >= 0.6 is 34.8 Å². The minimum absolute atomic E-state index is 0.162. The molecule has 0 spiro atoms. The van der Waals surface area contributed by atoms with Gasteiger partial charge in [0.25, 0.3) is 0 Å². The zero-order valence-corrected chi connectivity index (χ0v) is 13.4. The van der Waals surface area contributed by atoms with Gasteiger partial charge in [-0.2, -0.15) is 0 Å². The average Bonchev–Trinajstić information content (AvgIpc) is 2.42. The molecule has 1 atom stereocenters. The van der Waals surface area contributed by atoms with Crippen molar-refractivity contribution in [2.24, 2.45) is 0 Å². The summed E-state index contributed by atoms with van der Waals surface area (Å²) >= 11 is 18.4. The zero-order valence-electron chi connectivity index (χ0n) is 11.2. The van der Waals surface area contributed by atoms with Crippen LogP contribution in [0, 0.1) is 0 Å². The predicted molar refractivity (Wildman–Crippen MR) is 88.0 cm³/mol. The molecule has 106 valence electrons. The van der Waals surface area contributed by atoms with Crippen LogP contribution < -0.4 is 5.32 Å². The van der Waals surface area contributed by atoms with Crippen LogP contribution in [0.3, 0.4) is 0 Å². The van der Waals surface area contributed by atoms with E-state index in [9.17, 15) is 0 Å². The molecule has 1 N–H and O–H groups in total. The normalized spacial score (nSPS) is 12.4. The zero-order chi connectivity index (χ0) is 14.5. The summed E-state index contributed by atoms with van der Waals surface area (Å²) in [6, 6.07) is 13.6. The van der Waals surface area contributed by atoms with Gasteiger partial charge in [0, 0.05) is 21.1 Å². The Kier molecular flexibility index (Phi) is 5.74. The molecule has 0 saturated heterocycles. The molecule has 2 aromatic rings. The van der Waals surface area contributed by atoms with Crippen molar-refractivity contribution in [1.82, 2.24) is 5.32 Å². The molecule has 0 radical (unpaired) electrons. The Labute approximate surface area is 134 Å². The number of hydrogen-bond donors (Lipinski definition) is 1. The second-order valence-electron chi connectivity index (χ2n) is 4.61. The van der Waals surface area contributed by atoms with E-state index in [1.54, 1.807) is 6.07 Å². The standard InChI is InChI=1S/C16H16Cl3N/c1-2-20-16(11-4-3-5-13(17)8-11)10-12-9-14(18)6-7-15(12)19/h3-9,16,20H,2,10H2,1H3. The van der Waals surface area contributed by atoms with Crippen molar-refractivity contribution in [1.29, 1.82) is 0 Å². The lowest BCUT2D eigenvalue weighted by atomic mass is 9.99.